The normalized spacial score (nSPS) is 10.2. The Balaban J connectivity index is 2.25. The zero-order valence-electron chi connectivity index (χ0n) is 8.82. The molecule has 0 saturated carbocycles. The highest BCUT2D eigenvalue weighted by molar-refractivity contribution is 9.10. The fraction of sp³-hybridized carbons (Fsp3) is 0. The molecule has 7 heteroatoms. The Hall–Kier alpha value is -1.89. The summed E-state index contributed by atoms with van der Waals surface area (Å²) in [5.74, 6) is -2.68. The number of hydrogen-bond acceptors (Lipinski definition) is 3. The minimum Gasteiger partial charge on any atom is -0.305 e. The smallest absolute Gasteiger partial charge is 0.262 e. The van der Waals surface area contributed by atoms with Crippen molar-refractivity contribution in [3.63, 3.8) is 0 Å². The number of aromatic nitrogens is 2. The van der Waals surface area contributed by atoms with Gasteiger partial charge in [0.05, 0.1) is 12.4 Å². The summed E-state index contributed by atoms with van der Waals surface area (Å²) < 4.78 is 27.1. The van der Waals surface area contributed by atoms with E-state index in [4.69, 9.17) is 0 Å². The Labute approximate surface area is 109 Å². The van der Waals surface area contributed by atoms with Crippen LogP contribution in [-0.4, -0.2) is 15.9 Å². The van der Waals surface area contributed by atoms with Crippen LogP contribution in [0.1, 0.15) is 10.4 Å². The van der Waals surface area contributed by atoms with Gasteiger partial charge < -0.3 is 5.32 Å². The molecule has 0 aliphatic carbocycles. The lowest BCUT2D eigenvalue weighted by Crippen LogP contribution is -2.16. The largest absolute Gasteiger partial charge is 0.305 e. The molecule has 0 aliphatic heterocycles. The number of hydrogen-bond donors (Lipinski definition) is 1. The van der Waals surface area contributed by atoms with E-state index in [-0.39, 0.29) is 5.82 Å². The average Bonchev–Trinajstić information content (AvgIpc) is 2.32. The van der Waals surface area contributed by atoms with Gasteiger partial charge in [-0.2, -0.15) is 0 Å². The van der Waals surface area contributed by atoms with Crippen molar-refractivity contribution in [1.29, 1.82) is 0 Å². The molecule has 0 aliphatic rings. The zero-order chi connectivity index (χ0) is 13.1. The summed E-state index contributed by atoms with van der Waals surface area (Å²) in [5.41, 5.74) is -0.651. The molecule has 18 heavy (non-hydrogen) atoms. The summed E-state index contributed by atoms with van der Waals surface area (Å²) in [5, 5.41) is 2.25. The highest BCUT2D eigenvalue weighted by atomic mass is 79.9. The Bertz CT molecular complexity index is 569. The van der Waals surface area contributed by atoms with Crippen LogP contribution in [-0.2, 0) is 0 Å². The van der Waals surface area contributed by atoms with Crippen LogP contribution in [0.5, 0.6) is 0 Å². The van der Waals surface area contributed by atoms with E-state index >= 15 is 0 Å². The van der Waals surface area contributed by atoms with Crippen molar-refractivity contribution in [2.24, 2.45) is 0 Å². The van der Waals surface area contributed by atoms with Gasteiger partial charge in [-0.1, -0.05) is 6.07 Å². The predicted octanol–water partition coefficient (Wildman–Crippen LogP) is 2.77. The lowest BCUT2D eigenvalue weighted by Gasteiger charge is -2.05. The van der Waals surface area contributed by atoms with Gasteiger partial charge in [-0.3, -0.25) is 4.79 Å². The summed E-state index contributed by atoms with van der Waals surface area (Å²) in [7, 11) is 0. The molecule has 4 nitrogen and oxygen atoms in total. The van der Waals surface area contributed by atoms with E-state index in [1.54, 1.807) is 0 Å². The van der Waals surface area contributed by atoms with Crippen LogP contribution in [0.4, 0.5) is 14.6 Å². The van der Waals surface area contributed by atoms with Gasteiger partial charge in [0.25, 0.3) is 5.91 Å². The van der Waals surface area contributed by atoms with Crippen LogP contribution >= 0.6 is 15.9 Å². The van der Waals surface area contributed by atoms with E-state index < -0.39 is 23.1 Å². The molecule has 0 spiro atoms. The first kappa shape index (κ1) is 12.6. The number of nitrogens with one attached hydrogen (secondary N) is 1. The van der Waals surface area contributed by atoms with Crippen molar-refractivity contribution in [3.8, 4) is 0 Å². The number of carbonyl (C=O) groups excluding carboxylic acids is 1. The third-order valence-corrected chi connectivity index (χ3v) is 2.46. The first-order valence-corrected chi connectivity index (χ1v) is 5.60. The average molecular weight is 314 g/mol. The highest BCUT2D eigenvalue weighted by Crippen LogP contribution is 2.14. The standard InChI is InChI=1S/C11H6BrF2N3O/c12-8-4-16-9(5-15-8)17-11(18)10-6(13)2-1-3-7(10)14/h1-5H,(H,16,17,18). The van der Waals surface area contributed by atoms with E-state index in [0.29, 0.717) is 4.60 Å². The first-order valence-electron chi connectivity index (χ1n) is 4.81. The maximum Gasteiger partial charge on any atom is 0.262 e. The molecule has 0 unspecified atom stereocenters. The first-order chi connectivity index (χ1) is 8.58. The quantitative estimate of drug-likeness (QED) is 0.927. The van der Waals surface area contributed by atoms with Gasteiger partial charge in [-0.25, -0.2) is 18.7 Å². The maximum absolute atomic E-state index is 13.3. The molecule has 0 bridgehead atoms. The molecular formula is C11H6BrF2N3O. The third kappa shape index (κ3) is 2.67. The molecule has 2 rings (SSSR count). The number of benzene rings is 1. The van der Waals surface area contributed by atoms with Crippen molar-refractivity contribution in [2.45, 2.75) is 0 Å². The number of nitrogens with zero attached hydrogens (tertiary/aromatic N) is 2. The van der Waals surface area contributed by atoms with Gasteiger partial charge in [0, 0.05) is 0 Å². The maximum atomic E-state index is 13.3. The van der Waals surface area contributed by atoms with Gasteiger partial charge in [-0.15, -0.1) is 0 Å². The van der Waals surface area contributed by atoms with Crippen LogP contribution in [0.2, 0.25) is 0 Å². The number of carbonyl (C=O) groups is 1. The molecule has 0 radical (unpaired) electrons. The molecule has 2 aromatic rings. The van der Waals surface area contributed by atoms with Gasteiger partial charge >= 0.3 is 0 Å². The van der Waals surface area contributed by atoms with E-state index in [2.05, 4.69) is 31.2 Å². The second kappa shape index (κ2) is 5.18. The van der Waals surface area contributed by atoms with Crippen LogP contribution < -0.4 is 5.32 Å². The summed E-state index contributed by atoms with van der Waals surface area (Å²) in [4.78, 5) is 19.3. The summed E-state index contributed by atoms with van der Waals surface area (Å²) >= 11 is 3.07. The van der Waals surface area contributed by atoms with E-state index in [1.807, 2.05) is 0 Å². The predicted molar refractivity (Wildman–Crippen MR) is 64.0 cm³/mol. The van der Waals surface area contributed by atoms with E-state index in [0.717, 1.165) is 12.1 Å². The Morgan fingerprint density at radius 1 is 1.17 bits per heavy atom. The topological polar surface area (TPSA) is 54.9 Å². The van der Waals surface area contributed by atoms with Crippen molar-refractivity contribution in [3.05, 3.63) is 52.4 Å². The molecule has 0 saturated heterocycles. The minimum absolute atomic E-state index is 0.103. The fourth-order valence-corrected chi connectivity index (χ4v) is 1.48. The van der Waals surface area contributed by atoms with Crippen molar-refractivity contribution < 1.29 is 13.6 Å². The summed E-state index contributed by atoms with van der Waals surface area (Å²) in [6.45, 7) is 0. The third-order valence-electron chi connectivity index (χ3n) is 2.05. The van der Waals surface area contributed by atoms with Gasteiger partial charge in [0.15, 0.2) is 5.82 Å². The fourth-order valence-electron chi connectivity index (χ4n) is 1.27. The molecule has 1 N–H and O–H groups in total. The molecule has 1 amide bonds. The van der Waals surface area contributed by atoms with Crippen molar-refractivity contribution in [1.82, 2.24) is 9.97 Å². The summed E-state index contributed by atoms with van der Waals surface area (Å²) in [6.07, 6.45) is 2.62. The van der Waals surface area contributed by atoms with Crippen LogP contribution in [0.3, 0.4) is 0 Å². The van der Waals surface area contributed by atoms with Crippen molar-refractivity contribution in [2.75, 3.05) is 5.32 Å². The summed E-state index contributed by atoms with van der Waals surface area (Å²) in [6, 6.07) is 3.19. The monoisotopic (exact) mass is 313 g/mol. The van der Waals surface area contributed by atoms with Crippen molar-refractivity contribution >= 4 is 27.7 Å². The second-order valence-corrected chi connectivity index (χ2v) is 4.09. The second-order valence-electron chi connectivity index (χ2n) is 3.28. The zero-order valence-corrected chi connectivity index (χ0v) is 10.4. The Morgan fingerprint density at radius 3 is 2.39 bits per heavy atom. The minimum atomic E-state index is -0.933. The Kier molecular flexibility index (Phi) is 3.61. The lowest BCUT2D eigenvalue weighted by molar-refractivity contribution is 0.101. The van der Waals surface area contributed by atoms with Gasteiger partial charge in [0.1, 0.15) is 21.8 Å². The lowest BCUT2D eigenvalue weighted by atomic mass is 10.2. The molecule has 92 valence electrons. The van der Waals surface area contributed by atoms with Gasteiger partial charge in [-0.05, 0) is 28.1 Å². The molecule has 1 aromatic heterocycles. The van der Waals surface area contributed by atoms with Crippen LogP contribution in [0.15, 0.2) is 35.2 Å². The van der Waals surface area contributed by atoms with Gasteiger partial charge in [0.2, 0.25) is 0 Å². The number of rotatable bonds is 2. The molecule has 1 heterocycles. The molecule has 0 atom stereocenters. The molecule has 0 fully saturated rings. The van der Waals surface area contributed by atoms with E-state index in [1.165, 1.54) is 18.5 Å². The molecular weight excluding hydrogens is 308 g/mol. The van der Waals surface area contributed by atoms with E-state index in [9.17, 15) is 13.6 Å². The van der Waals surface area contributed by atoms with Crippen LogP contribution in [0.25, 0.3) is 0 Å². The number of halogens is 3. The Morgan fingerprint density at radius 2 is 1.83 bits per heavy atom. The highest BCUT2D eigenvalue weighted by Gasteiger charge is 2.17. The number of anilines is 1. The van der Waals surface area contributed by atoms with Crippen LogP contribution in [0, 0.1) is 11.6 Å². The molecule has 1 aromatic carbocycles. The SMILES string of the molecule is O=C(Nc1cnc(Br)cn1)c1c(F)cccc1F. The number of amides is 1.